The molecule has 0 saturated heterocycles. The Hall–Kier alpha value is -1.83. The second kappa shape index (κ2) is 5.04. The van der Waals surface area contributed by atoms with E-state index in [4.69, 9.17) is 0 Å². The van der Waals surface area contributed by atoms with Crippen molar-refractivity contribution in [3.05, 3.63) is 65.5 Å². The first-order chi connectivity index (χ1) is 9.20. The van der Waals surface area contributed by atoms with Crippen LogP contribution in [0.25, 0.3) is 0 Å². The third-order valence-electron chi connectivity index (χ3n) is 3.85. The highest BCUT2D eigenvalue weighted by Crippen LogP contribution is 2.38. The minimum Gasteiger partial charge on any atom is -0.382 e. The summed E-state index contributed by atoms with van der Waals surface area (Å²) in [5, 5.41) is 3.54. The Balaban J connectivity index is 1.58. The molecule has 0 spiro atoms. The Morgan fingerprint density at radius 2 is 1.84 bits per heavy atom. The zero-order chi connectivity index (χ0) is 13.2. The molecule has 3 rings (SSSR count). The van der Waals surface area contributed by atoms with E-state index < -0.39 is 0 Å². The summed E-state index contributed by atoms with van der Waals surface area (Å²) in [6, 6.07) is 15.9. The van der Waals surface area contributed by atoms with Gasteiger partial charge in [-0.2, -0.15) is 0 Å². The van der Waals surface area contributed by atoms with Crippen molar-refractivity contribution in [2.75, 3.05) is 5.32 Å². The molecule has 1 nitrogen and oxygen atoms in total. The smallest absolute Gasteiger partial charge is 0.123 e. The predicted molar refractivity (Wildman–Crippen MR) is 77.0 cm³/mol. The molecule has 0 aromatic heterocycles. The fourth-order valence-corrected chi connectivity index (χ4v) is 2.74. The van der Waals surface area contributed by atoms with E-state index in [0.717, 1.165) is 18.4 Å². The van der Waals surface area contributed by atoms with Crippen molar-refractivity contribution in [2.45, 2.75) is 31.7 Å². The highest BCUT2D eigenvalue weighted by Gasteiger charge is 2.30. The Bertz CT molecular complexity index is 573. The third kappa shape index (κ3) is 2.78. The molecule has 1 aliphatic rings. The largest absolute Gasteiger partial charge is 0.382 e. The zero-order valence-corrected chi connectivity index (χ0v) is 11.1. The van der Waals surface area contributed by atoms with Gasteiger partial charge in [0.25, 0.3) is 0 Å². The van der Waals surface area contributed by atoms with E-state index in [9.17, 15) is 4.39 Å². The summed E-state index contributed by atoms with van der Waals surface area (Å²) in [6.45, 7) is 2.10. The normalized spacial score (nSPS) is 21.8. The second-order valence-electron chi connectivity index (χ2n) is 5.43. The van der Waals surface area contributed by atoms with E-state index in [1.165, 1.54) is 17.3 Å². The van der Waals surface area contributed by atoms with Gasteiger partial charge in [-0.25, -0.2) is 4.39 Å². The number of hydrogen-bond acceptors (Lipinski definition) is 1. The number of hydrogen-bond donors (Lipinski definition) is 1. The van der Waals surface area contributed by atoms with E-state index in [0.29, 0.717) is 12.0 Å². The van der Waals surface area contributed by atoms with Crippen LogP contribution in [-0.2, 0) is 0 Å². The van der Waals surface area contributed by atoms with Crippen LogP contribution in [0, 0.1) is 12.7 Å². The molecule has 0 atom stereocenters. The van der Waals surface area contributed by atoms with E-state index >= 15 is 0 Å². The first-order valence-corrected chi connectivity index (χ1v) is 6.79. The van der Waals surface area contributed by atoms with Crippen LogP contribution in [-0.4, -0.2) is 6.04 Å². The van der Waals surface area contributed by atoms with E-state index in [1.54, 1.807) is 12.1 Å². The van der Waals surface area contributed by atoms with Gasteiger partial charge in [0.15, 0.2) is 0 Å². The monoisotopic (exact) mass is 255 g/mol. The molecule has 2 aromatic carbocycles. The van der Waals surface area contributed by atoms with Gasteiger partial charge >= 0.3 is 0 Å². The molecular weight excluding hydrogens is 237 g/mol. The van der Waals surface area contributed by atoms with Crippen LogP contribution < -0.4 is 5.32 Å². The number of anilines is 1. The van der Waals surface area contributed by atoms with Gasteiger partial charge in [-0.05, 0) is 61.1 Å². The maximum Gasteiger partial charge on any atom is 0.123 e. The van der Waals surface area contributed by atoms with Gasteiger partial charge in [0.2, 0.25) is 0 Å². The van der Waals surface area contributed by atoms with Crippen LogP contribution in [0.5, 0.6) is 0 Å². The Kier molecular flexibility index (Phi) is 3.24. The van der Waals surface area contributed by atoms with Gasteiger partial charge in [-0.1, -0.05) is 24.3 Å². The first-order valence-electron chi connectivity index (χ1n) is 6.79. The fourth-order valence-electron chi connectivity index (χ4n) is 2.74. The summed E-state index contributed by atoms with van der Waals surface area (Å²) in [4.78, 5) is 0. The summed E-state index contributed by atoms with van der Waals surface area (Å²) >= 11 is 0. The van der Waals surface area contributed by atoms with Crippen LogP contribution in [0.1, 0.15) is 29.9 Å². The van der Waals surface area contributed by atoms with Crippen molar-refractivity contribution in [2.24, 2.45) is 0 Å². The predicted octanol–water partition coefficient (Wildman–Crippen LogP) is 4.49. The van der Waals surface area contributed by atoms with E-state index in [-0.39, 0.29) is 5.82 Å². The summed E-state index contributed by atoms with van der Waals surface area (Å²) < 4.78 is 13.2. The molecule has 19 heavy (non-hydrogen) atoms. The first kappa shape index (κ1) is 12.2. The lowest BCUT2D eigenvalue weighted by Gasteiger charge is -2.37. The average Bonchev–Trinajstić information content (AvgIpc) is 2.33. The molecular formula is C17H18FN. The van der Waals surface area contributed by atoms with Crippen LogP contribution >= 0.6 is 0 Å². The lowest BCUT2D eigenvalue weighted by atomic mass is 9.76. The summed E-state index contributed by atoms with van der Waals surface area (Å²) in [5.41, 5.74) is 3.58. The van der Waals surface area contributed by atoms with Gasteiger partial charge < -0.3 is 5.32 Å². The Morgan fingerprint density at radius 1 is 1.05 bits per heavy atom. The minimum absolute atomic E-state index is 0.132. The standard InChI is InChI=1S/C17H18FN/c1-12-4-2-7-16(8-12)19-17-10-14(11-17)13-5-3-6-15(18)9-13/h2-9,14,17,19H,10-11H2,1H3. The number of rotatable bonds is 3. The number of nitrogens with one attached hydrogen (secondary N) is 1. The van der Waals surface area contributed by atoms with Crippen molar-refractivity contribution >= 4 is 5.69 Å². The fraction of sp³-hybridized carbons (Fsp3) is 0.294. The van der Waals surface area contributed by atoms with Gasteiger partial charge in [0.05, 0.1) is 0 Å². The lowest BCUT2D eigenvalue weighted by Crippen LogP contribution is -2.34. The third-order valence-corrected chi connectivity index (χ3v) is 3.85. The molecule has 2 aromatic rings. The molecule has 0 radical (unpaired) electrons. The summed E-state index contributed by atoms with van der Waals surface area (Å²) in [7, 11) is 0. The maximum atomic E-state index is 13.2. The molecule has 1 fully saturated rings. The molecule has 0 bridgehead atoms. The van der Waals surface area contributed by atoms with Crippen LogP contribution in [0.2, 0.25) is 0 Å². The SMILES string of the molecule is Cc1cccc(NC2CC(c3cccc(F)c3)C2)c1. The van der Waals surface area contributed by atoms with Crippen LogP contribution in [0.15, 0.2) is 48.5 Å². The lowest BCUT2D eigenvalue weighted by molar-refractivity contribution is 0.373. The molecule has 0 heterocycles. The molecule has 2 heteroatoms. The molecule has 1 N–H and O–H groups in total. The highest BCUT2D eigenvalue weighted by atomic mass is 19.1. The number of aryl methyl sites for hydroxylation is 1. The molecule has 98 valence electrons. The highest BCUT2D eigenvalue weighted by molar-refractivity contribution is 5.47. The number of benzene rings is 2. The van der Waals surface area contributed by atoms with Gasteiger partial charge in [-0.3, -0.25) is 0 Å². The molecule has 0 unspecified atom stereocenters. The van der Waals surface area contributed by atoms with Crippen molar-refractivity contribution in [1.82, 2.24) is 0 Å². The summed E-state index contributed by atoms with van der Waals surface area (Å²) in [5.74, 6) is 0.366. The van der Waals surface area contributed by atoms with Crippen molar-refractivity contribution < 1.29 is 4.39 Å². The minimum atomic E-state index is -0.132. The quantitative estimate of drug-likeness (QED) is 0.852. The van der Waals surface area contributed by atoms with Gasteiger partial charge in [0.1, 0.15) is 5.82 Å². The molecule has 1 aliphatic carbocycles. The van der Waals surface area contributed by atoms with Gasteiger partial charge in [-0.15, -0.1) is 0 Å². The van der Waals surface area contributed by atoms with Gasteiger partial charge in [0, 0.05) is 11.7 Å². The second-order valence-corrected chi connectivity index (χ2v) is 5.43. The Labute approximate surface area is 113 Å². The zero-order valence-electron chi connectivity index (χ0n) is 11.1. The molecule has 0 aliphatic heterocycles. The van der Waals surface area contributed by atoms with E-state index in [2.05, 4.69) is 36.5 Å². The average molecular weight is 255 g/mol. The van der Waals surface area contributed by atoms with Crippen molar-refractivity contribution in [3.63, 3.8) is 0 Å². The molecule has 1 saturated carbocycles. The van der Waals surface area contributed by atoms with Crippen molar-refractivity contribution in [1.29, 1.82) is 0 Å². The van der Waals surface area contributed by atoms with E-state index in [1.807, 2.05) is 6.07 Å². The molecule has 0 amide bonds. The Morgan fingerprint density at radius 3 is 2.58 bits per heavy atom. The number of halogens is 1. The van der Waals surface area contributed by atoms with Crippen LogP contribution in [0.4, 0.5) is 10.1 Å². The topological polar surface area (TPSA) is 12.0 Å². The summed E-state index contributed by atoms with van der Waals surface area (Å²) in [6.07, 6.45) is 2.16. The maximum absolute atomic E-state index is 13.2. The van der Waals surface area contributed by atoms with Crippen molar-refractivity contribution in [3.8, 4) is 0 Å². The van der Waals surface area contributed by atoms with Crippen LogP contribution in [0.3, 0.4) is 0 Å².